The quantitative estimate of drug-likeness (QED) is 0.346. The lowest BCUT2D eigenvalue weighted by atomic mass is 10.2. The number of methoxy groups -OCH3 is 1. The predicted molar refractivity (Wildman–Crippen MR) is 117 cm³/mol. The SMILES string of the molecule is COc1ccc2c(c1)[n+](=O)c(C(=O)N1CCN(c3ccc([N+](=O)[O-])cc3)CC1)c(C)n2[O-]. The topological polar surface area (TPSA) is 127 Å². The molecule has 0 saturated carbocycles. The number of nitro benzene ring substituents is 1. The third-order valence-corrected chi connectivity index (χ3v) is 5.67. The van der Waals surface area contributed by atoms with Crippen LogP contribution < -0.4 is 14.1 Å². The molecule has 0 bridgehead atoms. The molecule has 0 unspecified atom stereocenters. The van der Waals surface area contributed by atoms with Crippen LogP contribution in [0.4, 0.5) is 11.4 Å². The highest BCUT2D eigenvalue weighted by atomic mass is 16.6. The third-order valence-electron chi connectivity index (χ3n) is 5.67. The van der Waals surface area contributed by atoms with Gasteiger partial charge in [0.25, 0.3) is 11.2 Å². The molecule has 0 atom stereocenters. The van der Waals surface area contributed by atoms with Gasteiger partial charge in [0.05, 0.1) is 28.2 Å². The molecule has 2 heterocycles. The molecule has 1 amide bonds. The average Bonchev–Trinajstić information content (AvgIpc) is 2.82. The van der Waals surface area contributed by atoms with Crippen molar-refractivity contribution in [3.05, 3.63) is 74.1 Å². The molecule has 1 aliphatic rings. The van der Waals surface area contributed by atoms with Crippen molar-refractivity contribution in [2.24, 2.45) is 0 Å². The second-order valence-corrected chi connectivity index (χ2v) is 7.43. The Kier molecular flexibility index (Phi) is 5.39. The standard InChI is InChI=1S/C21H21N5O6/c1-14-20(25(29)19-13-17(32-2)7-8-18(19)24(14)28)21(27)23-11-9-22(10-12-23)15-3-5-16(6-4-15)26(30)31/h3-8,13H,9-12H2,1-2H3. The van der Waals surface area contributed by atoms with Crippen molar-refractivity contribution in [3.8, 4) is 5.75 Å². The fourth-order valence-electron chi connectivity index (χ4n) is 3.85. The Labute approximate surface area is 182 Å². The fourth-order valence-corrected chi connectivity index (χ4v) is 3.85. The molecule has 0 radical (unpaired) electrons. The largest absolute Gasteiger partial charge is 0.805 e. The monoisotopic (exact) mass is 439 g/mol. The molecule has 0 spiro atoms. The Morgan fingerprint density at radius 1 is 1.09 bits per heavy atom. The summed E-state index contributed by atoms with van der Waals surface area (Å²) < 4.78 is 6.22. The molecule has 11 nitrogen and oxygen atoms in total. The van der Waals surface area contributed by atoms with Crippen LogP contribution in [0.25, 0.3) is 11.0 Å². The Balaban J connectivity index is 1.58. The zero-order valence-electron chi connectivity index (χ0n) is 17.6. The van der Waals surface area contributed by atoms with Gasteiger partial charge >= 0.3 is 11.6 Å². The van der Waals surface area contributed by atoms with Crippen molar-refractivity contribution in [2.75, 3.05) is 38.2 Å². The number of fused-ring (bicyclic) bond motifs is 1. The van der Waals surface area contributed by atoms with Gasteiger partial charge in [-0.2, -0.15) is 0 Å². The van der Waals surface area contributed by atoms with Crippen molar-refractivity contribution >= 4 is 28.3 Å². The van der Waals surface area contributed by atoms with Crippen molar-refractivity contribution in [1.29, 1.82) is 0 Å². The number of non-ortho nitro benzene ring substituents is 1. The summed E-state index contributed by atoms with van der Waals surface area (Å²) in [5.41, 5.74) is 0.838. The normalized spacial score (nSPS) is 13.9. The minimum Gasteiger partial charge on any atom is -0.805 e. The number of hydrogen-bond donors (Lipinski definition) is 0. The number of carbonyl (C=O) groups is 1. The summed E-state index contributed by atoms with van der Waals surface area (Å²) in [6.07, 6.45) is 0. The summed E-state index contributed by atoms with van der Waals surface area (Å²) in [4.78, 5) is 40.1. The number of amides is 1. The second-order valence-electron chi connectivity index (χ2n) is 7.43. The van der Waals surface area contributed by atoms with Crippen molar-refractivity contribution < 1.29 is 18.9 Å². The molecule has 32 heavy (non-hydrogen) atoms. The molecule has 4 rings (SSSR count). The van der Waals surface area contributed by atoms with Crippen molar-refractivity contribution in [3.63, 3.8) is 0 Å². The highest BCUT2D eigenvalue weighted by Crippen LogP contribution is 2.23. The summed E-state index contributed by atoms with van der Waals surface area (Å²) >= 11 is 0. The molecule has 1 fully saturated rings. The van der Waals surface area contributed by atoms with Crippen LogP contribution in [-0.2, 0) is 0 Å². The Morgan fingerprint density at radius 3 is 2.34 bits per heavy atom. The molecule has 3 aromatic rings. The van der Waals surface area contributed by atoms with E-state index in [1.807, 2.05) is 4.90 Å². The minimum atomic E-state index is -0.518. The van der Waals surface area contributed by atoms with Crippen LogP contribution in [0.2, 0.25) is 0 Å². The van der Waals surface area contributed by atoms with Crippen molar-refractivity contribution in [2.45, 2.75) is 6.92 Å². The first kappa shape index (κ1) is 21.1. The second kappa shape index (κ2) is 8.17. The molecule has 1 aliphatic heterocycles. The van der Waals surface area contributed by atoms with Gasteiger partial charge in [0.15, 0.2) is 0 Å². The van der Waals surface area contributed by atoms with E-state index in [1.165, 1.54) is 43.2 Å². The highest BCUT2D eigenvalue weighted by molar-refractivity contribution is 5.93. The summed E-state index contributed by atoms with van der Waals surface area (Å²) in [5, 5.41) is 23.5. The number of nitrogens with zero attached hydrogens (tertiary/aromatic N) is 5. The molecule has 166 valence electrons. The third kappa shape index (κ3) is 3.57. The van der Waals surface area contributed by atoms with Gasteiger partial charge < -0.3 is 24.5 Å². The van der Waals surface area contributed by atoms with E-state index in [4.69, 9.17) is 4.74 Å². The maximum atomic E-state index is 13.2. The number of hydrogen-bond acceptors (Lipinski definition) is 7. The molecule has 0 N–H and O–H groups in total. The number of carbonyl (C=O) groups excluding carboxylic acids is 1. The maximum Gasteiger partial charge on any atom is 0.346 e. The van der Waals surface area contributed by atoms with Crippen LogP contribution in [0.15, 0.2) is 42.5 Å². The molecule has 11 heteroatoms. The predicted octanol–water partition coefficient (Wildman–Crippen LogP) is 2.09. The van der Waals surface area contributed by atoms with Gasteiger partial charge in [0.1, 0.15) is 11.3 Å². The first-order valence-electron chi connectivity index (χ1n) is 9.94. The van der Waals surface area contributed by atoms with E-state index in [2.05, 4.69) is 0 Å². The number of ether oxygens (including phenoxy) is 1. The van der Waals surface area contributed by atoms with E-state index in [9.17, 15) is 25.0 Å². The number of piperazine rings is 1. The minimum absolute atomic E-state index is 0.0110. The first-order valence-corrected chi connectivity index (χ1v) is 9.94. The first-order chi connectivity index (χ1) is 15.3. The van der Waals surface area contributed by atoms with Gasteiger partial charge in [-0.15, -0.1) is 0 Å². The molecular weight excluding hydrogens is 418 g/mol. The number of anilines is 1. The summed E-state index contributed by atoms with van der Waals surface area (Å²) in [5.74, 6) is -0.115. The lowest BCUT2D eigenvalue weighted by Crippen LogP contribution is -2.50. The fraction of sp³-hybridized carbons (Fsp3) is 0.286. The van der Waals surface area contributed by atoms with Gasteiger partial charge in [-0.25, -0.2) is 0 Å². The Bertz CT molecular complexity index is 1260. The zero-order chi connectivity index (χ0) is 23.0. The van der Waals surface area contributed by atoms with E-state index in [0.29, 0.717) is 41.1 Å². The zero-order valence-corrected chi connectivity index (χ0v) is 17.6. The van der Waals surface area contributed by atoms with Crippen molar-refractivity contribution in [1.82, 2.24) is 9.63 Å². The smallest absolute Gasteiger partial charge is 0.346 e. The summed E-state index contributed by atoms with van der Waals surface area (Å²) in [6.45, 7) is 3.10. The van der Waals surface area contributed by atoms with E-state index >= 15 is 0 Å². The van der Waals surface area contributed by atoms with E-state index in [-0.39, 0.29) is 28.1 Å². The van der Waals surface area contributed by atoms with Gasteiger partial charge in [0, 0.05) is 48.9 Å². The van der Waals surface area contributed by atoms with E-state index < -0.39 is 10.8 Å². The van der Waals surface area contributed by atoms with Crippen LogP contribution in [0.3, 0.4) is 0 Å². The van der Waals surface area contributed by atoms with Crippen LogP contribution in [0.5, 0.6) is 5.75 Å². The number of rotatable bonds is 4. The Morgan fingerprint density at radius 2 is 1.75 bits per heavy atom. The average molecular weight is 439 g/mol. The Hall–Kier alpha value is -4.15. The molecular formula is C21H21N5O6. The van der Waals surface area contributed by atoms with Gasteiger partial charge in [0.2, 0.25) is 0 Å². The summed E-state index contributed by atoms with van der Waals surface area (Å²) in [6, 6.07) is 10.7. The van der Waals surface area contributed by atoms with E-state index in [0.717, 1.165) is 5.69 Å². The molecule has 1 saturated heterocycles. The summed E-state index contributed by atoms with van der Waals surface area (Å²) in [7, 11) is 1.45. The van der Waals surface area contributed by atoms with Crippen LogP contribution >= 0.6 is 0 Å². The number of aromatic nitrogens is 2. The molecule has 0 aliphatic carbocycles. The maximum absolute atomic E-state index is 13.2. The lowest BCUT2D eigenvalue weighted by Gasteiger charge is -2.35. The lowest BCUT2D eigenvalue weighted by molar-refractivity contribution is -0.469. The van der Waals surface area contributed by atoms with Gasteiger partial charge in [-0.05, 0) is 31.2 Å². The van der Waals surface area contributed by atoms with E-state index in [1.54, 1.807) is 18.2 Å². The van der Waals surface area contributed by atoms with Crippen LogP contribution in [0.1, 0.15) is 16.2 Å². The van der Waals surface area contributed by atoms with Crippen LogP contribution in [-0.4, -0.2) is 53.7 Å². The van der Waals surface area contributed by atoms with Crippen LogP contribution in [0, 0.1) is 27.2 Å². The molecule has 2 aromatic carbocycles. The highest BCUT2D eigenvalue weighted by Gasteiger charge is 2.33. The number of benzene rings is 2. The van der Waals surface area contributed by atoms with Gasteiger partial charge in [-0.1, -0.05) is 0 Å². The molecule has 1 aromatic heterocycles. The number of nitro groups is 1. The van der Waals surface area contributed by atoms with Gasteiger partial charge in [-0.3, -0.25) is 14.9 Å².